The number of nitrogens with zero attached hydrogens (tertiary/aromatic N) is 4. The van der Waals surface area contributed by atoms with Crippen LogP contribution in [0.5, 0.6) is 0 Å². The van der Waals surface area contributed by atoms with Gasteiger partial charge >= 0.3 is 44.1 Å². The molecule has 2 aromatic heterocycles. The maximum atomic E-state index is 12.4. The molecule has 0 aliphatic carbocycles. The fraction of sp³-hybridized carbons (Fsp3) is 0.750. The number of hydrogen-bond acceptors (Lipinski definition) is 10. The Morgan fingerprint density at radius 2 is 0.761 bits per heavy atom. The van der Waals surface area contributed by atoms with Crippen molar-refractivity contribution in [1.29, 1.82) is 0 Å². The second kappa shape index (κ2) is 35.5. The average Bonchev–Trinajstić information content (AvgIpc) is 3.29. The average molecular weight is 1050 g/mol. The van der Waals surface area contributed by atoms with E-state index in [1.165, 1.54) is 0 Å². The Bertz CT molecular complexity index is 1840. The molecular formula is C48H92N12O8Si3. The van der Waals surface area contributed by atoms with Crippen LogP contribution in [0.1, 0.15) is 129 Å². The summed E-state index contributed by atoms with van der Waals surface area (Å²) < 4.78 is 16.6. The first-order chi connectivity index (χ1) is 33.8. The predicted octanol–water partition coefficient (Wildman–Crippen LogP) is 8.55. The van der Waals surface area contributed by atoms with E-state index >= 15 is 0 Å². The van der Waals surface area contributed by atoms with Crippen LogP contribution in [0.4, 0.5) is 30.8 Å². The van der Waals surface area contributed by atoms with E-state index in [1.807, 2.05) is 0 Å². The second-order valence-corrected chi connectivity index (χ2v) is 32.5. The molecule has 20 nitrogen and oxygen atoms in total. The lowest BCUT2D eigenvalue weighted by Gasteiger charge is -2.38. The molecule has 8 amide bonds. The zero-order valence-electron chi connectivity index (χ0n) is 44.7. The van der Waals surface area contributed by atoms with Crippen molar-refractivity contribution in [3.05, 3.63) is 45.5 Å². The van der Waals surface area contributed by atoms with Gasteiger partial charge < -0.3 is 40.1 Å². The zero-order chi connectivity index (χ0) is 52.4. The van der Waals surface area contributed by atoms with Crippen LogP contribution in [0.15, 0.2) is 34.1 Å². The van der Waals surface area contributed by atoms with Crippen molar-refractivity contribution in [2.45, 2.75) is 194 Å². The molecule has 0 atom stereocenters. The molecule has 0 aliphatic heterocycles. The largest absolute Gasteiger partial charge is 0.437 e. The highest BCUT2D eigenvalue weighted by atomic mass is 28.5. The topological polar surface area (TPSA) is 253 Å². The van der Waals surface area contributed by atoms with Crippen LogP contribution in [-0.4, -0.2) is 108 Å². The van der Waals surface area contributed by atoms with Crippen molar-refractivity contribution in [2.24, 2.45) is 0 Å². The minimum absolute atomic E-state index is 0.176. The molecule has 2 heterocycles. The van der Waals surface area contributed by atoms with Gasteiger partial charge in [0.05, 0.1) is 0 Å². The molecule has 0 fully saturated rings. The van der Waals surface area contributed by atoms with Gasteiger partial charge in [0.2, 0.25) is 0 Å². The molecule has 23 heteroatoms. The fourth-order valence-corrected chi connectivity index (χ4v) is 22.2. The summed E-state index contributed by atoms with van der Waals surface area (Å²) in [5.41, 5.74) is -0.732. The van der Waals surface area contributed by atoms with Crippen LogP contribution in [0.25, 0.3) is 0 Å². The number of hydrogen-bond donors (Lipinski definition) is 8. The van der Waals surface area contributed by atoms with Gasteiger partial charge in [0.15, 0.2) is 16.6 Å². The summed E-state index contributed by atoms with van der Waals surface area (Å²) in [5.74, 6) is 0.472. The van der Waals surface area contributed by atoms with Crippen molar-refractivity contribution in [3.63, 3.8) is 0 Å². The van der Waals surface area contributed by atoms with E-state index in [0.717, 1.165) is 128 Å². The number of aryl methyl sites for hydroxylation is 2. The van der Waals surface area contributed by atoms with E-state index in [2.05, 4.69) is 106 Å². The second-order valence-electron chi connectivity index (χ2n) is 20.0. The Labute approximate surface area is 427 Å². The number of nitrogens with one attached hydrogen (secondary N) is 8. The third kappa shape index (κ3) is 31.5. The molecule has 404 valence electrons. The molecule has 0 unspecified atom stereocenters. The van der Waals surface area contributed by atoms with Gasteiger partial charge in [-0.05, 0) is 115 Å². The van der Waals surface area contributed by atoms with Crippen molar-refractivity contribution in [3.8, 4) is 0 Å². The molecular weight excluding hydrogens is 957 g/mol. The fourth-order valence-electron chi connectivity index (χ4n) is 8.10. The van der Waals surface area contributed by atoms with E-state index in [-0.39, 0.29) is 35.1 Å². The summed E-state index contributed by atoms with van der Waals surface area (Å²) in [7, 11) is -6.53. The quantitative estimate of drug-likeness (QED) is 0.0235. The predicted molar refractivity (Wildman–Crippen MR) is 293 cm³/mol. The molecule has 2 rings (SSSR count). The molecule has 0 aliphatic rings. The molecule has 2 aromatic rings. The molecule has 0 bridgehead atoms. The minimum atomic E-state index is -2.42. The lowest BCUT2D eigenvalue weighted by Crippen LogP contribution is -2.52. The highest BCUT2D eigenvalue weighted by Crippen LogP contribution is 2.26. The molecule has 8 N–H and O–H groups in total. The summed E-state index contributed by atoms with van der Waals surface area (Å²) in [6, 6.07) is 3.94. The summed E-state index contributed by atoms with van der Waals surface area (Å²) in [5, 5.41) is 22.6. The maximum absolute atomic E-state index is 12.4. The van der Waals surface area contributed by atoms with Crippen molar-refractivity contribution in [2.75, 3.05) is 49.9 Å². The van der Waals surface area contributed by atoms with Gasteiger partial charge in [-0.25, -0.2) is 28.8 Å². The number of anilines is 2. The molecule has 71 heavy (non-hydrogen) atoms. The number of carbonyl (C=O) groups is 4. The molecule has 0 aromatic carbocycles. The lowest BCUT2D eigenvalue weighted by molar-refractivity contribution is 0.239. The molecule has 0 radical (unpaired) electrons. The number of amides is 8. The molecule has 0 saturated carbocycles. The molecule has 0 saturated heterocycles. The zero-order valence-corrected chi connectivity index (χ0v) is 47.7. The van der Waals surface area contributed by atoms with Gasteiger partial charge in [-0.1, -0.05) is 78.1 Å². The van der Waals surface area contributed by atoms with Crippen LogP contribution < -0.4 is 53.9 Å². The minimum Gasteiger partial charge on any atom is -0.437 e. The van der Waals surface area contributed by atoms with E-state index in [0.29, 0.717) is 52.4 Å². The number of unbranched alkanes of at least 4 members (excludes halogenated alkanes) is 12. The third-order valence-electron chi connectivity index (χ3n) is 11.6. The first kappa shape index (κ1) is 62.5. The number of carbonyl (C=O) groups excluding carboxylic acids is 4. The summed E-state index contributed by atoms with van der Waals surface area (Å²) in [6.07, 6.45) is 20.5. The Kier molecular flexibility index (Phi) is 31.3. The van der Waals surface area contributed by atoms with Crippen LogP contribution in [0.3, 0.4) is 0 Å². The summed E-state index contributed by atoms with van der Waals surface area (Å²) in [4.78, 5) is 81.7. The van der Waals surface area contributed by atoms with Gasteiger partial charge in [0.1, 0.15) is 11.6 Å². The first-order valence-electron chi connectivity index (χ1n) is 26.5. The first-order valence-corrected chi connectivity index (χ1v) is 35.6. The maximum Gasteiger partial charge on any atom is 0.349 e. The number of aromatic nitrogens is 4. The van der Waals surface area contributed by atoms with E-state index in [1.54, 1.807) is 33.7 Å². The van der Waals surface area contributed by atoms with E-state index in [9.17, 15) is 28.8 Å². The third-order valence-corrected chi connectivity index (χ3v) is 23.1. The van der Waals surface area contributed by atoms with Crippen LogP contribution >= 0.6 is 0 Å². The summed E-state index contributed by atoms with van der Waals surface area (Å²) in [6.45, 7) is 21.9. The summed E-state index contributed by atoms with van der Waals surface area (Å²) >= 11 is 0. The van der Waals surface area contributed by atoms with E-state index < -0.39 is 37.3 Å². The SMILES string of the molecule is CCCCCCn1ccc(NC(=O)NCCCCCCNC(=O)NCCC[Si](C)(C)O[Si](C)(C)O[Si](C)(C)CCCNC(=O)NCCCCCCNC(=O)Nc2ccn(CCCCCC)c(=O)n2)nc1=O. The van der Waals surface area contributed by atoms with Crippen LogP contribution in [0.2, 0.25) is 51.4 Å². The van der Waals surface area contributed by atoms with Crippen LogP contribution in [-0.2, 0) is 21.3 Å². The van der Waals surface area contributed by atoms with Crippen LogP contribution in [0, 0.1) is 0 Å². The highest BCUT2D eigenvalue weighted by molar-refractivity contribution is 6.87. The monoisotopic (exact) mass is 1050 g/mol. The van der Waals surface area contributed by atoms with Gasteiger partial charge in [0.25, 0.3) is 0 Å². The Morgan fingerprint density at radius 1 is 0.451 bits per heavy atom. The van der Waals surface area contributed by atoms with Crippen molar-refractivity contribution >= 4 is 61.0 Å². The Morgan fingerprint density at radius 3 is 1.08 bits per heavy atom. The smallest absolute Gasteiger partial charge is 0.349 e. The van der Waals surface area contributed by atoms with Gasteiger partial charge in [-0.15, -0.1) is 0 Å². The van der Waals surface area contributed by atoms with E-state index in [4.69, 9.17) is 8.23 Å². The normalized spacial score (nSPS) is 11.7. The lowest BCUT2D eigenvalue weighted by atomic mass is 10.2. The number of urea groups is 4. The number of rotatable bonds is 38. The Balaban J connectivity index is 1.46. The standard InChI is InChI=1S/C48H92N12O8Si3/c1-9-11-13-23-35-59-37-27-41(57-47(59)65)55-45(63)53-31-21-17-15-19-29-49-43(61)51-33-25-39-69(3,4)67-71(7,8)68-70(5,6)40-26-34-52-44(62)50-30-20-16-18-22-32-54-46(64)56-42-28-38-60(48(66)58-42)36-24-14-12-10-2/h27-28,37-38H,9-26,29-36,39-40H2,1-8H3,(H2,49,51,61)(H2,50,52,62)(H2,53,55,57,63,65)(H2,54,56,58,64,66). The Hall–Kier alpha value is -4.59. The van der Waals surface area contributed by atoms with Gasteiger partial charge in [-0.3, -0.25) is 19.8 Å². The molecule has 0 spiro atoms. The van der Waals surface area contributed by atoms with Gasteiger partial charge in [-0.2, -0.15) is 9.97 Å². The van der Waals surface area contributed by atoms with Crippen molar-refractivity contribution < 1.29 is 27.4 Å². The van der Waals surface area contributed by atoms with Crippen molar-refractivity contribution in [1.82, 2.24) is 51.0 Å². The van der Waals surface area contributed by atoms with Gasteiger partial charge in [0, 0.05) is 64.8 Å². The highest BCUT2D eigenvalue weighted by Gasteiger charge is 2.39.